The fourth-order valence-electron chi connectivity index (χ4n) is 2.72. The lowest BCUT2D eigenvalue weighted by Gasteiger charge is -2.29. The summed E-state index contributed by atoms with van der Waals surface area (Å²) in [7, 11) is 1.18. The number of aliphatic carboxylic acids is 1. The van der Waals surface area contributed by atoms with Crippen LogP contribution in [-0.4, -0.2) is 79.5 Å². The van der Waals surface area contributed by atoms with Crippen molar-refractivity contribution in [2.75, 3.05) is 47.5 Å². The molecule has 186 valence electrons. The van der Waals surface area contributed by atoms with Crippen LogP contribution in [0.5, 0.6) is 11.5 Å². The molecule has 0 aromatic heterocycles. The molecule has 1 aromatic carbocycles. The first-order valence-corrected chi connectivity index (χ1v) is 12.0. The van der Waals surface area contributed by atoms with Gasteiger partial charge in [-0.1, -0.05) is 19.4 Å². The molecule has 0 aliphatic heterocycles. The molecule has 11 heteroatoms. The standard InChI is InChI=1S/C21H36NO8P.H2O/c1-5-6-12-27-18-10-9-11-19(15-18)28-13-7-8-14-29-31(25,26)30-20(16-21(23)24)17-22(2,3)4;/h9-11,15,20H,5-8,12-14,16-17H2,1-4H3,(H-,23,24,25,26);1H2/t20-;/m1./s1. The van der Waals surface area contributed by atoms with Gasteiger partial charge in [0.25, 0.3) is 0 Å². The van der Waals surface area contributed by atoms with E-state index in [1.807, 2.05) is 45.4 Å². The van der Waals surface area contributed by atoms with Gasteiger partial charge in [-0.3, -0.25) is 13.8 Å². The Balaban J connectivity index is 0.00000961. The molecule has 0 aliphatic rings. The second kappa shape index (κ2) is 15.2. The molecule has 0 aliphatic carbocycles. The molecule has 1 aromatic rings. The van der Waals surface area contributed by atoms with E-state index in [2.05, 4.69) is 6.92 Å². The molecule has 1 rings (SSSR count). The average molecular weight is 480 g/mol. The van der Waals surface area contributed by atoms with Crippen LogP contribution < -0.4 is 9.47 Å². The number of carboxylic acid groups (broad SMARTS) is 1. The minimum Gasteiger partial charge on any atom is -0.870 e. The van der Waals surface area contributed by atoms with Crippen molar-refractivity contribution in [1.29, 1.82) is 0 Å². The number of phosphoric ester groups is 1. The third-order valence-electron chi connectivity index (χ3n) is 4.07. The van der Waals surface area contributed by atoms with Gasteiger partial charge < -0.3 is 29.4 Å². The maximum atomic E-state index is 12.2. The van der Waals surface area contributed by atoms with Gasteiger partial charge in [0.05, 0.1) is 47.4 Å². The van der Waals surface area contributed by atoms with E-state index in [0.29, 0.717) is 36.3 Å². The number of rotatable bonds is 17. The second-order valence-electron chi connectivity index (χ2n) is 8.33. The van der Waals surface area contributed by atoms with Crippen molar-refractivity contribution in [1.82, 2.24) is 0 Å². The summed E-state index contributed by atoms with van der Waals surface area (Å²) >= 11 is 0. The van der Waals surface area contributed by atoms with Gasteiger partial charge in [0.2, 0.25) is 0 Å². The number of quaternary nitrogens is 1. The third-order valence-corrected chi connectivity index (χ3v) is 5.14. The highest BCUT2D eigenvalue weighted by Gasteiger charge is 2.31. The average Bonchev–Trinajstić information content (AvgIpc) is 2.63. The number of carbonyl (C=O) groups is 1. The third kappa shape index (κ3) is 15.2. The minimum atomic E-state index is -4.35. The van der Waals surface area contributed by atoms with Crippen molar-refractivity contribution < 1.29 is 47.8 Å². The van der Waals surface area contributed by atoms with E-state index in [0.717, 1.165) is 18.6 Å². The van der Waals surface area contributed by atoms with Crippen molar-refractivity contribution in [2.45, 2.75) is 45.1 Å². The molecule has 0 fully saturated rings. The second-order valence-corrected chi connectivity index (χ2v) is 9.74. The highest BCUT2D eigenvalue weighted by atomic mass is 31.2. The highest BCUT2D eigenvalue weighted by Crippen LogP contribution is 2.45. The number of ether oxygens (including phenoxy) is 2. The lowest BCUT2D eigenvalue weighted by atomic mass is 10.2. The predicted molar refractivity (Wildman–Crippen MR) is 119 cm³/mol. The summed E-state index contributed by atoms with van der Waals surface area (Å²) in [4.78, 5) is 20.9. The number of likely N-dealkylation sites (N-methyl/N-ethyl adjacent to an activating group) is 1. The first kappa shape index (κ1) is 30.3. The topological polar surface area (TPSA) is 142 Å². The molecule has 0 heterocycles. The van der Waals surface area contributed by atoms with E-state index in [1.165, 1.54) is 0 Å². The van der Waals surface area contributed by atoms with Gasteiger partial charge in [-0.2, -0.15) is 0 Å². The number of unbranched alkanes of at least 4 members (excludes halogenated alkanes) is 2. The van der Waals surface area contributed by atoms with Crippen molar-refractivity contribution in [3.63, 3.8) is 0 Å². The Labute approximate surface area is 190 Å². The van der Waals surface area contributed by atoms with E-state index >= 15 is 0 Å². The van der Waals surface area contributed by atoms with Gasteiger partial charge in [0.1, 0.15) is 24.1 Å². The van der Waals surface area contributed by atoms with E-state index in [1.54, 1.807) is 0 Å². The van der Waals surface area contributed by atoms with Gasteiger partial charge in [-0.05, 0) is 31.4 Å². The van der Waals surface area contributed by atoms with Crippen LogP contribution in [0.1, 0.15) is 39.0 Å². The fraction of sp³-hybridized carbons (Fsp3) is 0.667. The molecule has 0 bridgehead atoms. The summed E-state index contributed by atoms with van der Waals surface area (Å²) in [5.74, 6) is 0.357. The van der Waals surface area contributed by atoms with Gasteiger partial charge in [0, 0.05) is 6.07 Å². The maximum Gasteiger partial charge on any atom is 0.472 e. The summed E-state index contributed by atoms with van der Waals surface area (Å²) in [5, 5.41) is 8.99. The summed E-state index contributed by atoms with van der Waals surface area (Å²) < 4.78 is 34.0. The van der Waals surface area contributed by atoms with Gasteiger partial charge >= 0.3 is 13.8 Å². The predicted octanol–water partition coefficient (Wildman–Crippen LogP) is 3.53. The van der Waals surface area contributed by atoms with Crippen molar-refractivity contribution in [3.05, 3.63) is 24.3 Å². The molecule has 0 saturated heterocycles. The van der Waals surface area contributed by atoms with Crippen LogP contribution in [0.3, 0.4) is 0 Å². The van der Waals surface area contributed by atoms with E-state index in [-0.39, 0.29) is 25.0 Å². The zero-order chi connectivity index (χ0) is 23.3. The number of hydrogen-bond acceptors (Lipinski definition) is 7. The van der Waals surface area contributed by atoms with Gasteiger partial charge in [-0.25, -0.2) is 4.57 Å². The number of carboxylic acids is 1. The lowest BCUT2D eigenvalue weighted by molar-refractivity contribution is -0.873. The molecule has 1 unspecified atom stereocenters. The summed E-state index contributed by atoms with van der Waals surface area (Å²) in [6.45, 7) is 3.45. The fourth-order valence-corrected chi connectivity index (χ4v) is 3.66. The minimum absolute atomic E-state index is 0. The largest absolute Gasteiger partial charge is 0.870 e. The summed E-state index contributed by atoms with van der Waals surface area (Å²) in [6, 6.07) is 7.42. The lowest BCUT2D eigenvalue weighted by Crippen LogP contribution is -2.42. The SMILES string of the molecule is CCCCOc1cccc(OCCCCOP(=O)(O)O[C@H](CC(=O)O)C[N+](C)(C)C)c1.[OH-]. The summed E-state index contributed by atoms with van der Waals surface area (Å²) in [5.41, 5.74) is 0. The number of benzene rings is 1. The molecule has 0 saturated carbocycles. The Morgan fingerprint density at radius 2 is 1.62 bits per heavy atom. The normalized spacial score (nSPS) is 14.2. The van der Waals surface area contributed by atoms with E-state index in [4.69, 9.17) is 23.6 Å². The van der Waals surface area contributed by atoms with Crippen molar-refractivity contribution in [3.8, 4) is 11.5 Å². The number of nitrogens with zero attached hydrogens (tertiary/aromatic N) is 1. The molecule has 2 atom stereocenters. The smallest absolute Gasteiger partial charge is 0.472 e. The van der Waals surface area contributed by atoms with Crippen LogP contribution >= 0.6 is 7.82 Å². The van der Waals surface area contributed by atoms with E-state index in [9.17, 15) is 14.3 Å². The first-order chi connectivity index (χ1) is 14.5. The Morgan fingerprint density at radius 1 is 1.06 bits per heavy atom. The van der Waals surface area contributed by atoms with Crippen LogP contribution in [0.25, 0.3) is 0 Å². The summed E-state index contributed by atoms with van der Waals surface area (Å²) in [6.07, 6.45) is 1.86. The number of hydrogen-bond donors (Lipinski definition) is 2. The Hall–Kier alpha value is -1.68. The molecule has 10 nitrogen and oxygen atoms in total. The first-order valence-electron chi connectivity index (χ1n) is 10.5. The Bertz CT molecular complexity index is 709. The van der Waals surface area contributed by atoms with Crippen LogP contribution in [0.2, 0.25) is 0 Å². The Kier molecular flexibility index (Phi) is 14.4. The van der Waals surface area contributed by atoms with Gasteiger partial charge in [0.15, 0.2) is 0 Å². The van der Waals surface area contributed by atoms with Crippen molar-refractivity contribution in [2.24, 2.45) is 0 Å². The molecule has 0 amide bonds. The molecular formula is C21H38NO9P. The maximum absolute atomic E-state index is 12.2. The molecule has 0 radical (unpaired) electrons. The van der Waals surface area contributed by atoms with Crippen molar-refractivity contribution >= 4 is 13.8 Å². The zero-order valence-corrected chi connectivity index (χ0v) is 20.3. The van der Waals surface area contributed by atoms with E-state index < -0.39 is 19.9 Å². The van der Waals surface area contributed by atoms with Crippen LogP contribution in [0.15, 0.2) is 24.3 Å². The zero-order valence-electron chi connectivity index (χ0n) is 19.4. The van der Waals surface area contributed by atoms with Gasteiger partial charge in [-0.15, -0.1) is 0 Å². The molecule has 32 heavy (non-hydrogen) atoms. The van der Waals surface area contributed by atoms with Crippen LogP contribution in [0.4, 0.5) is 0 Å². The molecular weight excluding hydrogens is 441 g/mol. The van der Waals surface area contributed by atoms with Crippen LogP contribution in [-0.2, 0) is 18.4 Å². The molecule has 3 N–H and O–H groups in total. The molecule has 0 spiro atoms. The van der Waals surface area contributed by atoms with Crippen LogP contribution in [0, 0.1) is 0 Å². The monoisotopic (exact) mass is 479 g/mol. The number of phosphoric acid groups is 1. The quantitative estimate of drug-likeness (QED) is 0.195. The highest BCUT2D eigenvalue weighted by molar-refractivity contribution is 7.47. The Morgan fingerprint density at radius 3 is 2.16 bits per heavy atom.